The van der Waals surface area contributed by atoms with Crippen LogP contribution in [0.15, 0.2) is 0 Å². The highest BCUT2D eigenvalue weighted by Crippen LogP contribution is 2.18. The average molecular weight is 277 g/mol. The molecule has 2 rings (SSSR count). The number of nitrogens with zero attached hydrogens (tertiary/aromatic N) is 6. The highest BCUT2D eigenvalue weighted by Gasteiger charge is 2.41. The third kappa shape index (κ3) is 3.18. The number of H-pyrrole nitrogens is 1. The van der Waals surface area contributed by atoms with E-state index in [-0.39, 0.29) is 0 Å². The zero-order chi connectivity index (χ0) is 13.8. The first-order chi connectivity index (χ1) is 9.15. The van der Waals surface area contributed by atoms with Gasteiger partial charge in [0.15, 0.2) is 0 Å². The Morgan fingerprint density at radius 1 is 1.26 bits per heavy atom. The minimum atomic E-state index is 0.305. The summed E-state index contributed by atoms with van der Waals surface area (Å²) >= 11 is 0. The highest BCUT2D eigenvalue weighted by molar-refractivity contribution is 6.86. The normalized spacial score (nSPS) is 18.4. The zero-order valence-corrected chi connectivity index (χ0v) is 13.2. The molecule has 2 heterocycles. The van der Waals surface area contributed by atoms with Gasteiger partial charge in [0.2, 0.25) is 5.95 Å². The van der Waals surface area contributed by atoms with E-state index in [0.29, 0.717) is 29.8 Å². The van der Waals surface area contributed by atoms with E-state index in [0.717, 1.165) is 6.54 Å². The third-order valence-electron chi connectivity index (χ3n) is 3.73. The first-order valence-corrected chi connectivity index (χ1v) is 7.82. The standard InChI is InChI=1S/C9H21B2N7Si/c1-5-6-7-8-17-10(2)16(4)19-18(11(17)3)9-12-14-15-13-9/h5-8H2,1-4H3,(H,12,13,14,15). The maximum atomic E-state index is 4.11. The van der Waals surface area contributed by atoms with Crippen LogP contribution in [0.1, 0.15) is 26.2 Å². The summed E-state index contributed by atoms with van der Waals surface area (Å²) in [6, 6.07) is 0. The summed E-state index contributed by atoms with van der Waals surface area (Å²) in [5.74, 6) is 0.685. The maximum Gasteiger partial charge on any atom is 0.324 e. The van der Waals surface area contributed by atoms with Gasteiger partial charge in [-0.2, -0.15) is 5.21 Å². The van der Waals surface area contributed by atoms with Crippen molar-refractivity contribution in [3.8, 4) is 0 Å². The van der Waals surface area contributed by atoms with Crippen molar-refractivity contribution >= 4 is 29.8 Å². The number of unbranched alkanes of at least 4 members (excludes halogenated alkanes) is 2. The van der Waals surface area contributed by atoms with Crippen molar-refractivity contribution in [1.82, 2.24) is 29.8 Å². The van der Waals surface area contributed by atoms with Crippen molar-refractivity contribution in [3.63, 3.8) is 0 Å². The van der Waals surface area contributed by atoms with E-state index in [2.05, 4.69) is 61.9 Å². The van der Waals surface area contributed by atoms with Crippen molar-refractivity contribution in [3.05, 3.63) is 0 Å². The van der Waals surface area contributed by atoms with Crippen LogP contribution in [0.5, 0.6) is 0 Å². The van der Waals surface area contributed by atoms with Gasteiger partial charge >= 0.3 is 6.98 Å². The fourth-order valence-corrected chi connectivity index (χ4v) is 3.56. The zero-order valence-electron chi connectivity index (χ0n) is 12.2. The fraction of sp³-hybridized carbons (Fsp3) is 0.889. The Kier molecular flexibility index (Phi) is 5.00. The van der Waals surface area contributed by atoms with E-state index in [9.17, 15) is 0 Å². The Morgan fingerprint density at radius 3 is 2.68 bits per heavy atom. The van der Waals surface area contributed by atoms with E-state index < -0.39 is 0 Å². The molecule has 1 N–H and O–H groups in total. The molecule has 19 heavy (non-hydrogen) atoms. The SMILES string of the molecule is CCCCCN1B(C)N(C)[Si]N(c2nn[nH]n2)B1C. The predicted molar refractivity (Wildman–Crippen MR) is 79.6 cm³/mol. The Hall–Kier alpha value is -0.863. The first-order valence-electron chi connectivity index (χ1n) is 6.92. The number of nitrogens with one attached hydrogen (secondary N) is 1. The molecule has 0 aromatic carbocycles. The molecule has 10 heteroatoms. The Labute approximate surface area is 118 Å². The molecule has 1 aromatic rings. The van der Waals surface area contributed by atoms with Gasteiger partial charge in [0.05, 0.1) is 0 Å². The lowest BCUT2D eigenvalue weighted by Crippen LogP contribution is -2.71. The maximum absolute atomic E-state index is 4.11. The summed E-state index contributed by atoms with van der Waals surface area (Å²) < 4.78 is 7.04. The number of hydrogen-bond donors (Lipinski definition) is 1. The molecule has 1 aliphatic rings. The smallest absolute Gasteiger partial charge is 0.324 e. The van der Waals surface area contributed by atoms with Crippen molar-refractivity contribution in [1.29, 1.82) is 0 Å². The van der Waals surface area contributed by atoms with Gasteiger partial charge in [-0.1, -0.05) is 38.5 Å². The van der Waals surface area contributed by atoms with Crippen LogP contribution < -0.4 is 4.48 Å². The van der Waals surface area contributed by atoms with Gasteiger partial charge in [0.1, 0.15) is 0 Å². The van der Waals surface area contributed by atoms with Crippen LogP contribution in [0.4, 0.5) is 5.95 Å². The van der Waals surface area contributed by atoms with Crippen molar-refractivity contribution in [2.45, 2.75) is 39.8 Å². The molecule has 1 aliphatic heterocycles. The molecule has 0 bridgehead atoms. The second-order valence-corrected chi connectivity index (χ2v) is 6.39. The second-order valence-electron chi connectivity index (χ2n) is 5.00. The molecule has 0 unspecified atom stereocenters. The van der Waals surface area contributed by atoms with Gasteiger partial charge in [-0.05, 0) is 25.2 Å². The summed E-state index contributed by atoms with van der Waals surface area (Å²) in [7, 11) is 2.70. The molecule has 102 valence electrons. The molecular formula is C9H21B2N7Si. The van der Waals surface area contributed by atoms with Crippen LogP contribution >= 0.6 is 0 Å². The van der Waals surface area contributed by atoms with Crippen LogP contribution in [-0.4, -0.2) is 67.2 Å². The summed E-state index contributed by atoms with van der Waals surface area (Å²) in [5, 5.41) is 14.4. The minimum absolute atomic E-state index is 0.305. The molecule has 7 nitrogen and oxygen atoms in total. The number of hydrogen-bond acceptors (Lipinski definition) is 6. The lowest BCUT2D eigenvalue weighted by molar-refractivity contribution is 0.535. The first kappa shape index (κ1) is 14.5. The number of aromatic amines is 1. The average Bonchev–Trinajstić information content (AvgIpc) is 2.92. The Balaban J connectivity index is 2.07. The van der Waals surface area contributed by atoms with Gasteiger partial charge in [-0.25, -0.2) is 0 Å². The second kappa shape index (κ2) is 6.53. The van der Waals surface area contributed by atoms with E-state index in [4.69, 9.17) is 0 Å². The van der Waals surface area contributed by atoms with E-state index in [1.165, 1.54) is 19.3 Å². The quantitative estimate of drug-likeness (QED) is 0.613. The van der Waals surface area contributed by atoms with E-state index in [1.54, 1.807) is 0 Å². The van der Waals surface area contributed by atoms with Gasteiger partial charge in [0, 0.05) is 0 Å². The van der Waals surface area contributed by atoms with Gasteiger partial charge in [-0.3, -0.25) is 0 Å². The Bertz CT molecular complexity index is 379. The molecule has 0 amide bonds. The van der Waals surface area contributed by atoms with Crippen LogP contribution in [0.2, 0.25) is 13.6 Å². The summed E-state index contributed by atoms with van der Waals surface area (Å²) in [6.07, 6.45) is 3.77. The Morgan fingerprint density at radius 2 is 2.05 bits per heavy atom. The lowest BCUT2D eigenvalue weighted by atomic mass is 9.62. The molecular weight excluding hydrogens is 256 g/mol. The largest absolute Gasteiger partial charge is 0.383 e. The van der Waals surface area contributed by atoms with Crippen molar-refractivity contribution in [2.75, 3.05) is 18.1 Å². The summed E-state index contributed by atoms with van der Waals surface area (Å²) in [5.41, 5.74) is 0. The number of anilines is 1. The van der Waals surface area contributed by atoms with E-state index >= 15 is 0 Å². The summed E-state index contributed by atoms with van der Waals surface area (Å²) in [4.78, 5) is 0. The molecule has 1 aromatic heterocycles. The number of tetrazole rings is 1. The van der Waals surface area contributed by atoms with Crippen LogP contribution in [0, 0.1) is 0 Å². The van der Waals surface area contributed by atoms with Gasteiger partial charge in [0.25, 0.3) is 16.8 Å². The lowest BCUT2D eigenvalue weighted by Gasteiger charge is -2.46. The molecule has 1 saturated heterocycles. The molecule has 0 saturated carbocycles. The highest BCUT2D eigenvalue weighted by atomic mass is 28.2. The predicted octanol–water partition coefficient (Wildman–Crippen LogP) is 0.214. The molecule has 2 radical (unpaired) electrons. The van der Waals surface area contributed by atoms with Crippen LogP contribution in [-0.2, 0) is 0 Å². The minimum Gasteiger partial charge on any atom is -0.383 e. The number of aromatic nitrogens is 4. The van der Waals surface area contributed by atoms with Gasteiger partial charge < -0.3 is 13.7 Å². The van der Waals surface area contributed by atoms with Crippen LogP contribution in [0.25, 0.3) is 0 Å². The van der Waals surface area contributed by atoms with Crippen molar-refractivity contribution < 1.29 is 0 Å². The third-order valence-corrected chi connectivity index (χ3v) is 5.21. The molecule has 0 spiro atoms. The summed E-state index contributed by atoms with van der Waals surface area (Å²) in [6.45, 7) is 8.59. The van der Waals surface area contributed by atoms with Crippen molar-refractivity contribution in [2.24, 2.45) is 0 Å². The molecule has 0 atom stereocenters. The number of rotatable bonds is 5. The van der Waals surface area contributed by atoms with Crippen LogP contribution in [0.3, 0.4) is 0 Å². The van der Waals surface area contributed by atoms with E-state index in [1.807, 2.05) is 0 Å². The molecule has 0 aliphatic carbocycles. The topological polar surface area (TPSA) is 64.2 Å². The monoisotopic (exact) mass is 277 g/mol. The van der Waals surface area contributed by atoms with Gasteiger partial charge in [-0.15, -0.1) is 5.10 Å². The molecule has 1 fully saturated rings. The fourth-order valence-electron chi connectivity index (χ4n) is 2.41.